The van der Waals surface area contributed by atoms with E-state index in [9.17, 15) is 4.79 Å². The number of aryl methyl sites for hydroxylation is 3. The lowest BCUT2D eigenvalue weighted by Gasteiger charge is -2.37. The quantitative estimate of drug-likeness (QED) is 0.864. The second-order valence-corrected chi connectivity index (χ2v) is 6.80. The molecule has 0 spiro atoms. The number of hydrogen-bond acceptors (Lipinski definition) is 1. The molecule has 0 unspecified atom stereocenters. The number of nitrogens with one attached hydrogen (secondary N) is 1. The SMILES string of the molecule is CCC[C@H]1c2ccc(C)n2CCN1C(=O)Nc1cc(C)ccc1C. The summed E-state index contributed by atoms with van der Waals surface area (Å²) in [4.78, 5) is 14.9. The summed E-state index contributed by atoms with van der Waals surface area (Å²) in [5.74, 6) is 0. The zero-order valence-corrected chi connectivity index (χ0v) is 15.1. The van der Waals surface area contributed by atoms with Gasteiger partial charge in [-0.1, -0.05) is 25.5 Å². The molecule has 3 rings (SSSR count). The van der Waals surface area contributed by atoms with Gasteiger partial charge in [0.1, 0.15) is 0 Å². The molecule has 1 aliphatic rings. The van der Waals surface area contributed by atoms with Crippen molar-refractivity contribution in [2.75, 3.05) is 11.9 Å². The number of urea groups is 1. The molecule has 1 aliphatic heterocycles. The molecule has 128 valence electrons. The fraction of sp³-hybridized carbons (Fsp3) is 0.450. The average molecular weight is 325 g/mol. The van der Waals surface area contributed by atoms with Crippen molar-refractivity contribution < 1.29 is 4.79 Å². The topological polar surface area (TPSA) is 37.3 Å². The fourth-order valence-corrected chi connectivity index (χ4v) is 3.59. The van der Waals surface area contributed by atoms with Crippen molar-refractivity contribution in [2.45, 2.75) is 53.1 Å². The maximum absolute atomic E-state index is 12.9. The number of nitrogens with zero attached hydrogens (tertiary/aromatic N) is 2. The molecule has 0 saturated carbocycles. The molecule has 0 radical (unpaired) electrons. The normalized spacial score (nSPS) is 16.8. The second kappa shape index (κ2) is 6.71. The number of aromatic nitrogens is 1. The van der Waals surface area contributed by atoms with Gasteiger partial charge in [-0.2, -0.15) is 0 Å². The molecule has 0 fully saturated rings. The Morgan fingerprint density at radius 2 is 1.96 bits per heavy atom. The van der Waals surface area contributed by atoms with Gasteiger partial charge in [0.2, 0.25) is 0 Å². The molecular formula is C20H27N3O. The number of rotatable bonds is 3. The van der Waals surface area contributed by atoms with Gasteiger partial charge in [0, 0.05) is 30.2 Å². The van der Waals surface area contributed by atoms with Crippen LogP contribution in [-0.2, 0) is 6.54 Å². The van der Waals surface area contributed by atoms with E-state index in [0.29, 0.717) is 0 Å². The summed E-state index contributed by atoms with van der Waals surface area (Å²) < 4.78 is 2.35. The Morgan fingerprint density at radius 3 is 2.71 bits per heavy atom. The highest BCUT2D eigenvalue weighted by molar-refractivity contribution is 5.90. The van der Waals surface area contributed by atoms with Gasteiger partial charge >= 0.3 is 6.03 Å². The highest BCUT2D eigenvalue weighted by Crippen LogP contribution is 2.32. The van der Waals surface area contributed by atoms with Crippen LogP contribution >= 0.6 is 0 Å². The van der Waals surface area contributed by atoms with E-state index in [4.69, 9.17) is 0 Å². The van der Waals surface area contributed by atoms with Crippen LogP contribution in [0.2, 0.25) is 0 Å². The molecular weight excluding hydrogens is 298 g/mol. The van der Waals surface area contributed by atoms with E-state index < -0.39 is 0 Å². The van der Waals surface area contributed by atoms with E-state index in [1.165, 1.54) is 11.4 Å². The number of fused-ring (bicyclic) bond motifs is 1. The zero-order valence-electron chi connectivity index (χ0n) is 15.1. The third kappa shape index (κ3) is 3.05. The summed E-state index contributed by atoms with van der Waals surface area (Å²) in [5, 5.41) is 3.12. The second-order valence-electron chi connectivity index (χ2n) is 6.80. The molecule has 1 aromatic heterocycles. The van der Waals surface area contributed by atoms with Crippen LogP contribution < -0.4 is 5.32 Å². The number of benzene rings is 1. The van der Waals surface area contributed by atoms with Crippen molar-refractivity contribution in [3.05, 3.63) is 52.8 Å². The summed E-state index contributed by atoms with van der Waals surface area (Å²) in [5.41, 5.74) is 5.70. The van der Waals surface area contributed by atoms with E-state index >= 15 is 0 Å². The van der Waals surface area contributed by atoms with Crippen LogP contribution in [0.5, 0.6) is 0 Å². The van der Waals surface area contributed by atoms with Gasteiger partial charge in [0.05, 0.1) is 6.04 Å². The third-order valence-corrected chi connectivity index (χ3v) is 4.97. The predicted molar refractivity (Wildman–Crippen MR) is 98.5 cm³/mol. The largest absolute Gasteiger partial charge is 0.345 e. The van der Waals surface area contributed by atoms with E-state index in [1.807, 2.05) is 24.8 Å². The van der Waals surface area contributed by atoms with E-state index in [2.05, 4.69) is 48.0 Å². The van der Waals surface area contributed by atoms with Crippen molar-refractivity contribution in [3.8, 4) is 0 Å². The van der Waals surface area contributed by atoms with E-state index in [-0.39, 0.29) is 12.1 Å². The minimum atomic E-state index is 0.00672. The number of carbonyl (C=O) groups excluding carboxylic acids is 1. The monoisotopic (exact) mass is 325 g/mol. The lowest BCUT2D eigenvalue weighted by Crippen LogP contribution is -2.44. The summed E-state index contributed by atoms with van der Waals surface area (Å²) in [7, 11) is 0. The number of hydrogen-bond donors (Lipinski definition) is 1. The first kappa shape index (κ1) is 16.6. The Morgan fingerprint density at radius 1 is 1.17 bits per heavy atom. The third-order valence-electron chi connectivity index (χ3n) is 4.97. The number of anilines is 1. The summed E-state index contributed by atoms with van der Waals surface area (Å²) in [6, 6.07) is 10.7. The zero-order chi connectivity index (χ0) is 17.3. The average Bonchev–Trinajstić information content (AvgIpc) is 2.93. The van der Waals surface area contributed by atoms with Gasteiger partial charge in [-0.3, -0.25) is 0 Å². The number of carbonyl (C=O) groups is 1. The van der Waals surface area contributed by atoms with Crippen LogP contribution in [0.3, 0.4) is 0 Å². The maximum Gasteiger partial charge on any atom is 0.322 e. The lowest BCUT2D eigenvalue weighted by molar-refractivity contribution is 0.162. The first-order valence-electron chi connectivity index (χ1n) is 8.82. The number of amides is 2. The Bertz CT molecular complexity index is 747. The molecule has 0 aliphatic carbocycles. The van der Waals surface area contributed by atoms with E-state index in [1.54, 1.807) is 0 Å². The Labute approximate surface area is 144 Å². The van der Waals surface area contributed by atoms with Crippen LogP contribution in [0.1, 0.15) is 48.3 Å². The van der Waals surface area contributed by atoms with Gasteiger partial charge in [-0.15, -0.1) is 0 Å². The van der Waals surface area contributed by atoms with Gasteiger partial charge in [0.25, 0.3) is 0 Å². The minimum Gasteiger partial charge on any atom is -0.345 e. The van der Waals surface area contributed by atoms with Crippen molar-refractivity contribution in [3.63, 3.8) is 0 Å². The predicted octanol–water partition coefficient (Wildman–Crippen LogP) is 4.80. The van der Waals surface area contributed by atoms with E-state index in [0.717, 1.165) is 42.7 Å². The van der Waals surface area contributed by atoms with Crippen molar-refractivity contribution in [1.29, 1.82) is 0 Å². The van der Waals surface area contributed by atoms with Crippen LogP contribution in [0.4, 0.5) is 10.5 Å². The summed E-state index contributed by atoms with van der Waals surface area (Å²) >= 11 is 0. The Kier molecular flexibility index (Phi) is 4.65. The molecule has 1 atom stereocenters. The highest BCUT2D eigenvalue weighted by atomic mass is 16.2. The minimum absolute atomic E-state index is 0.00672. The molecule has 24 heavy (non-hydrogen) atoms. The molecule has 1 N–H and O–H groups in total. The summed E-state index contributed by atoms with van der Waals surface area (Å²) in [6.45, 7) is 10.0. The molecule has 4 heteroatoms. The highest BCUT2D eigenvalue weighted by Gasteiger charge is 2.31. The Balaban J connectivity index is 1.84. The van der Waals surface area contributed by atoms with Gasteiger partial charge < -0.3 is 14.8 Å². The molecule has 2 heterocycles. The molecule has 2 amide bonds. The molecule has 4 nitrogen and oxygen atoms in total. The fourth-order valence-electron chi connectivity index (χ4n) is 3.59. The van der Waals surface area contributed by atoms with Crippen LogP contribution in [0, 0.1) is 20.8 Å². The molecule has 0 bridgehead atoms. The molecule has 2 aromatic rings. The van der Waals surface area contributed by atoms with Gasteiger partial charge in [-0.05, 0) is 56.5 Å². The van der Waals surface area contributed by atoms with Crippen LogP contribution in [-0.4, -0.2) is 22.0 Å². The Hall–Kier alpha value is -2.23. The van der Waals surface area contributed by atoms with Crippen LogP contribution in [0.15, 0.2) is 30.3 Å². The van der Waals surface area contributed by atoms with Crippen molar-refractivity contribution in [1.82, 2.24) is 9.47 Å². The maximum atomic E-state index is 12.9. The van der Waals surface area contributed by atoms with Crippen molar-refractivity contribution >= 4 is 11.7 Å². The molecule has 1 aromatic carbocycles. The van der Waals surface area contributed by atoms with Gasteiger partial charge in [-0.25, -0.2) is 4.79 Å². The standard InChI is InChI=1S/C20H27N3O/c1-5-6-18-19-10-9-16(4)22(19)11-12-23(18)20(24)21-17-13-14(2)7-8-15(17)3/h7-10,13,18H,5-6,11-12H2,1-4H3,(H,21,24)/t18-/m0/s1. The molecule has 0 saturated heterocycles. The first-order valence-corrected chi connectivity index (χ1v) is 8.82. The lowest BCUT2D eigenvalue weighted by atomic mass is 10.0. The smallest absolute Gasteiger partial charge is 0.322 e. The van der Waals surface area contributed by atoms with Crippen LogP contribution in [0.25, 0.3) is 0 Å². The van der Waals surface area contributed by atoms with Gasteiger partial charge in [0.15, 0.2) is 0 Å². The van der Waals surface area contributed by atoms with Crippen molar-refractivity contribution in [2.24, 2.45) is 0 Å². The first-order chi connectivity index (χ1) is 11.5. The summed E-state index contributed by atoms with van der Waals surface area (Å²) in [6.07, 6.45) is 2.05.